The van der Waals surface area contributed by atoms with Crippen molar-refractivity contribution in [2.45, 2.75) is 70.1 Å². The predicted octanol–water partition coefficient (Wildman–Crippen LogP) is 3.98. The second kappa shape index (κ2) is 7.90. The van der Waals surface area contributed by atoms with E-state index >= 15 is 0 Å². The second-order valence-electron chi connectivity index (χ2n) is 9.10. The van der Waals surface area contributed by atoms with Crippen molar-refractivity contribution >= 4 is 16.8 Å². The van der Waals surface area contributed by atoms with Gasteiger partial charge in [-0.15, -0.1) is 0 Å². The lowest BCUT2D eigenvalue weighted by molar-refractivity contribution is -0.131. The molecule has 1 amide bonds. The van der Waals surface area contributed by atoms with Crippen LogP contribution in [0.2, 0.25) is 0 Å². The Morgan fingerprint density at radius 3 is 2.66 bits per heavy atom. The molecular weight excluding hydrogens is 371 g/mol. The van der Waals surface area contributed by atoms with Crippen molar-refractivity contribution in [1.29, 1.82) is 0 Å². The summed E-state index contributed by atoms with van der Waals surface area (Å²) in [6.45, 7) is 3.73. The van der Waals surface area contributed by atoms with Gasteiger partial charge >= 0.3 is 0 Å². The van der Waals surface area contributed by atoms with E-state index in [0.717, 1.165) is 25.7 Å². The number of carbonyl (C=O) groups is 1. The predicted molar refractivity (Wildman–Crippen MR) is 109 cm³/mol. The third-order valence-electron chi connectivity index (χ3n) is 6.47. The molecule has 0 aliphatic heterocycles. The van der Waals surface area contributed by atoms with Gasteiger partial charge in [0.05, 0.1) is 5.60 Å². The minimum absolute atomic E-state index is 0.0558. The molecule has 0 radical (unpaired) electrons. The molecule has 6 heteroatoms. The fourth-order valence-corrected chi connectivity index (χ4v) is 4.53. The van der Waals surface area contributed by atoms with Crippen LogP contribution in [0, 0.1) is 17.7 Å². The van der Waals surface area contributed by atoms with Gasteiger partial charge in [0, 0.05) is 29.6 Å². The van der Waals surface area contributed by atoms with Gasteiger partial charge in [-0.2, -0.15) is 0 Å². The van der Waals surface area contributed by atoms with E-state index in [1.807, 2.05) is 19.9 Å². The number of nitrogens with zero attached hydrogens (tertiary/aromatic N) is 1. The Hall–Kier alpha value is -2.21. The maximum Gasteiger partial charge on any atom is 0.223 e. The van der Waals surface area contributed by atoms with Gasteiger partial charge in [0.2, 0.25) is 5.91 Å². The van der Waals surface area contributed by atoms with Crippen LogP contribution >= 0.6 is 0 Å². The number of benzene rings is 1. The zero-order chi connectivity index (χ0) is 20.6. The summed E-state index contributed by atoms with van der Waals surface area (Å²) >= 11 is 0. The van der Waals surface area contributed by atoms with Crippen LogP contribution in [0.3, 0.4) is 0 Å². The van der Waals surface area contributed by atoms with Crippen LogP contribution in [0.1, 0.15) is 52.4 Å². The van der Waals surface area contributed by atoms with Gasteiger partial charge < -0.3 is 15.2 Å². The highest BCUT2D eigenvalue weighted by Gasteiger charge is 2.38. The lowest BCUT2D eigenvalue weighted by atomic mass is 9.76. The summed E-state index contributed by atoms with van der Waals surface area (Å²) in [4.78, 5) is 16.8. The van der Waals surface area contributed by atoms with Crippen molar-refractivity contribution in [2.75, 3.05) is 0 Å². The molecule has 1 aromatic heterocycles. The fourth-order valence-electron chi connectivity index (χ4n) is 4.53. The quantitative estimate of drug-likeness (QED) is 0.796. The molecule has 2 N–H and O–H groups in total. The summed E-state index contributed by atoms with van der Waals surface area (Å²) in [6.07, 6.45) is 6.53. The lowest BCUT2D eigenvalue weighted by Gasteiger charge is -2.38. The van der Waals surface area contributed by atoms with Gasteiger partial charge in [0.15, 0.2) is 0 Å². The van der Waals surface area contributed by atoms with Crippen molar-refractivity contribution in [1.82, 2.24) is 10.3 Å². The summed E-state index contributed by atoms with van der Waals surface area (Å²) in [5.74, 6) is 0.413. The molecule has 2 aliphatic rings. The molecular formula is C23H29FN2O3. The lowest BCUT2D eigenvalue weighted by Crippen LogP contribution is -2.48. The Morgan fingerprint density at radius 2 is 1.97 bits per heavy atom. The summed E-state index contributed by atoms with van der Waals surface area (Å²) in [6, 6.07) is 6.58. The first-order chi connectivity index (χ1) is 13.8. The average molecular weight is 400 g/mol. The zero-order valence-corrected chi connectivity index (χ0v) is 17.0. The number of fused-ring (bicyclic) bond motifs is 1. The number of aromatic nitrogens is 1. The molecule has 0 unspecified atom stereocenters. The molecule has 0 bridgehead atoms. The molecule has 0 spiro atoms. The Bertz CT molecular complexity index is 881. The summed E-state index contributed by atoms with van der Waals surface area (Å²) in [5.41, 5.74) is -0.00549. The molecule has 4 rings (SSSR count). The van der Waals surface area contributed by atoms with E-state index in [1.165, 1.54) is 12.1 Å². The van der Waals surface area contributed by atoms with E-state index in [2.05, 4.69) is 10.3 Å². The molecule has 5 nitrogen and oxygen atoms in total. The number of pyridine rings is 1. The third kappa shape index (κ3) is 4.53. The van der Waals surface area contributed by atoms with Gasteiger partial charge in [-0.05, 0) is 70.4 Å². The number of hydrogen-bond donors (Lipinski definition) is 2. The van der Waals surface area contributed by atoms with Gasteiger partial charge in [-0.3, -0.25) is 9.78 Å². The van der Waals surface area contributed by atoms with E-state index in [-0.39, 0.29) is 29.8 Å². The van der Waals surface area contributed by atoms with Crippen LogP contribution in [-0.2, 0) is 4.79 Å². The number of aliphatic hydroxyl groups is 1. The topological polar surface area (TPSA) is 71.5 Å². The number of nitrogens with one attached hydrogen (secondary N) is 1. The molecule has 29 heavy (non-hydrogen) atoms. The monoisotopic (exact) mass is 400 g/mol. The first-order valence-corrected chi connectivity index (χ1v) is 10.5. The van der Waals surface area contributed by atoms with Crippen LogP contribution < -0.4 is 10.1 Å². The highest BCUT2D eigenvalue weighted by atomic mass is 19.1. The molecule has 2 fully saturated rings. The summed E-state index contributed by atoms with van der Waals surface area (Å²) in [7, 11) is 0. The van der Waals surface area contributed by atoms with Crippen molar-refractivity contribution in [3.05, 3.63) is 36.3 Å². The highest BCUT2D eigenvalue weighted by Crippen LogP contribution is 2.36. The standard InChI is InChI=1S/C23H29FN2O3/c1-23(2,28)16-5-7-18(8-6-16)26-22(27)15-11-19(12-15)29-20-13-17(24)10-14-4-3-9-25-21(14)20/h3-4,9-10,13,15-16,18-19,28H,5-8,11-12H2,1-2H3,(H,26,27)/t15-,16-,18-,19-. The van der Waals surface area contributed by atoms with Gasteiger partial charge in [0.1, 0.15) is 23.2 Å². The van der Waals surface area contributed by atoms with Crippen molar-refractivity contribution in [3.63, 3.8) is 0 Å². The minimum Gasteiger partial charge on any atom is -0.488 e. The third-order valence-corrected chi connectivity index (χ3v) is 6.47. The molecule has 2 aliphatic carbocycles. The molecule has 2 aromatic rings. The Labute approximate surface area is 170 Å². The SMILES string of the molecule is CC(C)(O)[C@H]1CC[C@H](NC(=O)[C@H]2C[C@H](Oc3cc(F)cc4cccnc34)C2)CC1. The smallest absolute Gasteiger partial charge is 0.223 e. The molecule has 0 atom stereocenters. The first-order valence-electron chi connectivity index (χ1n) is 10.5. The number of ether oxygens (including phenoxy) is 1. The Balaban J connectivity index is 1.27. The fraction of sp³-hybridized carbons (Fsp3) is 0.565. The van der Waals surface area contributed by atoms with Crippen LogP contribution in [-0.4, -0.2) is 33.7 Å². The Morgan fingerprint density at radius 1 is 1.24 bits per heavy atom. The average Bonchev–Trinajstić information content (AvgIpc) is 2.63. The molecule has 2 saturated carbocycles. The van der Waals surface area contributed by atoms with Crippen LogP contribution in [0.25, 0.3) is 10.9 Å². The van der Waals surface area contributed by atoms with E-state index in [9.17, 15) is 14.3 Å². The highest BCUT2D eigenvalue weighted by molar-refractivity contribution is 5.84. The number of halogens is 1. The van der Waals surface area contributed by atoms with E-state index in [4.69, 9.17) is 4.74 Å². The molecule has 1 heterocycles. The van der Waals surface area contributed by atoms with Crippen molar-refractivity contribution in [3.8, 4) is 5.75 Å². The zero-order valence-electron chi connectivity index (χ0n) is 17.0. The molecule has 1 aromatic carbocycles. The van der Waals surface area contributed by atoms with E-state index in [1.54, 1.807) is 12.3 Å². The number of amides is 1. The van der Waals surface area contributed by atoms with Gasteiger partial charge in [-0.1, -0.05) is 6.07 Å². The maximum atomic E-state index is 13.8. The minimum atomic E-state index is -0.649. The second-order valence-corrected chi connectivity index (χ2v) is 9.10. The first kappa shape index (κ1) is 20.1. The summed E-state index contributed by atoms with van der Waals surface area (Å²) in [5, 5.41) is 14.0. The van der Waals surface area contributed by atoms with Gasteiger partial charge in [-0.25, -0.2) is 4.39 Å². The van der Waals surface area contributed by atoms with E-state index in [0.29, 0.717) is 35.4 Å². The van der Waals surface area contributed by atoms with Crippen LogP contribution in [0.15, 0.2) is 30.5 Å². The van der Waals surface area contributed by atoms with Gasteiger partial charge in [0.25, 0.3) is 0 Å². The normalized spacial score (nSPS) is 27.3. The number of rotatable bonds is 5. The molecule has 156 valence electrons. The number of hydrogen-bond acceptors (Lipinski definition) is 4. The Kier molecular flexibility index (Phi) is 5.47. The van der Waals surface area contributed by atoms with E-state index < -0.39 is 5.60 Å². The molecule has 0 saturated heterocycles. The maximum absolute atomic E-state index is 13.8. The number of carbonyl (C=O) groups excluding carboxylic acids is 1. The summed E-state index contributed by atoms with van der Waals surface area (Å²) < 4.78 is 19.8. The van der Waals surface area contributed by atoms with Crippen LogP contribution in [0.5, 0.6) is 5.75 Å². The largest absolute Gasteiger partial charge is 0.488 e. The van der Waals surface area contributed by atoms with Crippen LogP contribution in [0.4, 0.5) is 4.39 Å². The van der Waals surface area contributed by atoms with Crippen molar-refractivity contribution < 1.29 is 19.0 Å². The van der Waals surface area contributed by atoms with Crippen molar-refractivity contribution in [2.24, 2.45) is 11.8 Å².